The Morgan fingerprint density at radius 1 is 1.29 bits per heavy atom. The van der Waals surface area contributed by atoms with Crippen LogP contribution in [0, 0.1) is 0 Å². The van der Waals surface area contributed by atoms with Crippen LogP contribution in [-0.2, 0) is 14.3 Å². The number of esters is 1. The van der Waals surface area contributed by atoms with Gasteiger partial charge in [0.2, 0.25) is 0 Å². The minimum absolute atomic E-state index is 0.267. The zero-order valence-corrected chi connectivity index (χ0v) is 13.1. The highest BCUT2D eigenvalue weighted by Gasteiger charge is 2.26. The van der Waals surface area contributed by atoms with Gasteiger partial charge in [-0.15, -0.1) is 0 Å². The van der Waals surface area contributed by atoms with Crippen LogP contribution in [0.15, 0.2) is 24.3 Å². The minimum Gasteiger partial charge on any atom is -0.457 e. The van der Waals surface area contributed by atoms with E-state index >= 15 is 0 Å². The third kappa shape index (κ3) is 3.51. The Bertz CT molecular complexity index is 621. The molecule has 4 heteroatoms. The lowest BCUT2D eigenvalue weighted by atomic mass is 9.97. The van der Waals surface area contributed by atoms with Crippen molar-refractivity contribution in [1.29, 1.82) is 0 Å². The standard InChI is InChI=1S/C17H21NO3/c1-10(2)11-6-7-14-12(8-11)13(16(20)18-14)9-15(19)21-17(3,4)5/h6-10H,1-5H3,(H,18,20)/b13-9+. The third-order valence-electron chi connectivity index (χ3n) is 3.16. The highest BCUT2D eigenvalue weighted by atomic mass is 16.6. The molecule has 1 heterocycles. The largest absolute Gasteiger partial charge is 0.457 e. The number of ether oxygens (including phenoxy) is 1. The molecule has 0 radical (unpaired) electrons. The fourth-order valence-electron chi connectivity index (χ4n) is 2.16. The van der Waals surface area contributed by atoms with Crippen LogP contribution in [0.1, 0.15) is 51.7 Å². The lowest BCUT2D eigenvalue weighted by Crippen LogP contribution is -2.23. The Kier molecular flexibility index (Phi) is 3.90. The summed E-state index contributed by atoms with van der Waals surface area (Å²) in [6.45, 7) is 9.56. The molecule has 1 aliphatic rings. The number of carbonyl (C=O) groups excluding carboxylic acids is 2. The zero-order chi connectivity index (χ0) is 15.8. The summed E-state index contributed by atoms with van der Waals surface area (Å²) in [6, 6.07) is 5.81. The minimum atomic E-state index is -0.578. The zero-order valence-electron chi connectivity index (χ0n) is 13.1. The Morgan fingerprint density at radius 2 is 1.95 bits per heavy atom. The van der Waals surface area contributed by atoms with E-state index in [-0.39, 0.29) is 5.91 Å². The number of hydrogen-bond acceptors (Lipinski definition) is 3. The maximum Gasteiger partial charge on any atom is 0.332 e. The summed E-state index contributed by atoms with van der Waals surface area (Å²) in [5.74, 6) is -0.416. The van der Waals surface area contributed by atoms with E-state index in [9.17, 15) is 9.59 Å². The molecule has 0 saturated carbocycles. The summed E-state index contributed by atoms with van der Waals surface area (Å²) in [7, 11) is 0. The quantitative estimate of drug-likeness (QED) is 0.669. The molecule has 21 heavy (non-hydrogen) atoms. The molecule has 1 amide bonds. The Labute approximate surface area is 125 Å². The second kappa shape index (κ2) is 5.35. The first-order valence-corrected chi connectivity index (χ1v) is 7.08. The summed E-state index contributed by atoms with van der Waals surface area (Å²) in [4.78, 5) is 23.9. The van der Waals surface area contributed by atoms with E-state index in [0.29, 0.717) is 11.5 Å². The number of amides is 1. The molecule has 0 aromatic heterocycles. The van der Waals surface area contributed by atoms with Gasteiger partial charge in [-0.05, 0) is 44.4 Å². The first kappa shape index (κ1) is 15.3. The van der Waals surface area contributed by atoms with E-state index in [1.165, 1.54) is 6.08 Å². The van der Waals surface area contributed by atoms with E-state index in [1.807, 2.05) is 18.2 Å². The van der Waals surface area contributed by atoms with Gasteiger partial charge in [0.25, 0.3) is 5.91 Å². The summed E-state index contributed by atoms with van der Waals surface area (Å²) in [6.07, 6.45) is 1.27. The summed E-state index contributed by atoms with van der Waals surface area (Å²) in [5, 5.41) is 2.77. The van der Waals surface area contributed by atoms with Crippen molar-refractivity contribution in [2.45, 2.75) is 46.1 Å². The van der Waals surface area contributed by atoms with Crippen molar-refractivity contribution in [2.24, 2.45) is 0 Å². The Balaban J connectivity index is 2.37. The molecule has 1 aromatic carbocycles. The number of benzene rings is 1. The molecule has 1 aromatic rings. The summed E-state index contributed by atoms with van der Waals surface area (Å²) < 4.78 is 5.25. The SMILES string of the molecule is CC(C)c1ccc2c(c1)/C(=C\C(=O)OC(C)(C)C)C(=O)N2. The van der Waals surface area contributed by atoms with Gasteiger partial charge in [0.1, 0.15) is 5.60 Å². The third-order valence-corrected chi connectivity index (χ3v) is 3.16. The van der Waals surface area contributed by atoms with E-state index in [0.717, 1.165) is 16.8 Å². The van der Waals surface area contributed by atoms with E-state index in [2.05, 4.69) is 19.2 Å². The maximum absolute atomic E-state index is 12.0. The molecule has 0 unspecified atom stereocenters. The van der Waals surface area contributed by atoms with Crippen LogP contribution in [0.5, 0.6) is 0 Å². The summed E-state index contributed by atoms with van der Waals surface area (Å²) >= 11 is 0. The van der Waals surface area contributed by atoms with Crippen LogP contribution in [0.25, 0.3) is 5.57 Å². The van der Waals surface area contributed by atoms with E-state index in [4.69, 9.17) is 4.74 Å². The predicted octanol–water partition coefficient (Wildman–Crippen LogP) is 3.49. The van der Waals surface area contributed by atoms with Crippen LogP contribution < -0.4 is 5.32 Å². The van der Waals surface area contributed by atoms with Gasteiger partial charge in [-0.25, -0.2) is 4.79 Å². The number of carbonyl (C=O) groups is 2. The number of anilines is 1. The molecule has 0 atom stereocenters. The second-order valence-electron chi connectivity index (χ2n) is 6.51. The van der Waals surface area contributed by atoms with Gasteiger partial charge >= 0.3 is 5.97 Å². The van der Waals surface area contributed by atoms with Gasteiger partial charge in [0.15, 0.2) is 0 Å². The molecule has 0 bridgehead atoms. The lowest BCUT2D eigenvalue weighted by Gasteiger charge is -2.18. The van der Waals surface area contributed by atoms with E-state index < -0.39 is 11.6 Å². The lowest BCUT2D eigenvalue weighted by molar-refractivity contribution is -0.148. The number of rotatable bonds is 2. The molecule has 2 rings (SSSR count). The molecule has 0 aliphatic carbocycles. The van der Waals surface area contributed by atoms with Gasteiger partial charge in [-0.3, -0.25) is 4.79 Å². The van der Waals surface area contributed by atoms with Crippen molar-refractivity contribution >= 4 is 23.1 Å². The van der Waals surface area contributed by atoms with Crippen molar-refractivity contribution in [3.05, 3.63) is 35.4 Å². The molecule has 0 fully saturated rings. The van der Waals surface area contributed by atoms with Crippen LogP contribution in [0.4, 0.5) is 5.69 Å². The molecule has 0 saturated heterocycles. The van der Waals surface area contributed by atoms with Gasteiger partial charge in [-0.1, -0.05) is 19.9 Å². The summed E-state index contributed by atoms with van der Waals surface area (Å²) in [5.41, 5.74) is 2.41. The monoisotopic (exact) mass is 287 g/mol. The van der Waals surface area contributed by atoms with Crippen LogP contribution in [-0.4, -0.2) is 17.5 Å². The van der Waals surface area contributed by atoms with Gasteiger partial charge < -0.3 is 10.1 Å². The van der Waals surface area contributed by atoms with Crippen LogP contribution >= 0.6 is 0 Å². The number of fused-ring (bicyclic) bond motifs is 1. The Hall–Kier alpha value is -2.10. The number of nitrogens with one attached hydrogen (secondary N) is 1. The molecule has 1 N–H and O–H groups in total. The Morgan fingerprint density at radius 3 is 2.52 bits per heavy atom. The van der Waals surface area contributed by atoms with Gasteiger partial charge in [0.05, 0.1) is 5.57 Å². The van der Waals surface area contributed by atoms with E-state index in [1.54, 1.807) is 20.8 Å². The second-order valence-corrected chi connectivity index (χ2v) is 6.51. The topological polar surface area (TPSA) is 55.4 Å². The smallest absolute Gasteiger partial charge is 0.332 e. The normalized spacial score (nSPS) is 16.1. The molecular weight excluding hydrogens is 266 g/mol. The maximum atomic E-state index is 12.0. The molecule has 0 spiro atoms. The van der Waals surface area contributed by atoms with Gasteiger partial charge in [0, 0.05) is 17.3 Å². The van der Waals surface area contributed by atoms with Crippen molar-refractivity contribution in [3.63, 3.8) is 0 Å². The predicted molar refractivity (Wildman–Crippen MR) is 83.0 cm³/mol. The van der Waals surface area contributed by atoms with Crippen molar-refractivity contribution in [1.82, 2.24) is 0 Å². The number of hydrogen-bond donors (Lipinski definition) is 1. The first-order chi connectivity index (χ1) is 9.67. The molecule has 1 aliphatic heterocycles. The van der Waals surface area contributed by atoms with Crippen molar-refractivity contribution in [3.8, 4) is 0 Å². The van der Waals surface area contributed by atoms with Crippen LogP contribution in [0.2, 0.25) is 0 Å². The highest BCUT2D eigenvalue weighted by molar-refractivity contribution is 6.33. The fourth-order valence-corrected chi connectivity index (χ4v) is 2.16. The molecular formula is C17H21NO3. The van der Waals surface area contributed by atoms with Crippen LogP contribution in [0.3, 0.4) is 0 Å². The average molecular weight is 287 g/mol. The van der Waals surface area contributed by atoms with Gasteiger partial charge in [-0.2, -0.15) is 0 Å². The van der Waals surface area contributed by atoms with Crippen molar-refractivity contribution in [2.75, 3.05) is 5.32 Å². The average Bonchev–Trinajstić information content (AvgIpc) is 2.63. The van der Waals surface area contributed by atoms with Crippen molar-refractivity contribution < 1.29 is 14.3 Å². The molecule has 112 valence electrons. The fraction of sp³-hybridized carbons (Fsp3) is 0.412. The highest BCUT2D eigenvalue weighted by Crippen LogP contribution is 2.34. The molecule has 4 nitrogen and oxygen atoms in total. The first-order valence-electron chi connectivity index (χ1n) is 7.08.